The van der Waals surface area contributed by atoms with Gasteiger partial charge in [0.1, 0.15) is 28.9 Å². The lowest BCUT2D eigenvalue weighted by Crippen LogP contribution is -2.31. The van der Waals surface area contributed by atoms with Gasteiger partial charge in [0.2, 0.25) is 0 Å². The summed E-state index contributed by atoms with van der Waals surface area (Å²) < 4.78 is 10.2. The summed E-state index contributed by atoms with van der Waals surface area (Å²) in [5, 5.41) is 38.7. The predicted molar refractivity (Wildman–Crippen MR) is 110 cm³/mol. The van der Waals surface area contributed by atoms with Crippen molar-refractivity contribution >= 4 is 24.2 Å². The average Bonchev–Trinajstić information content (AvgIpc) is 2.65. The van der Waals surface area contributed by atoms with Gasteiger partial charge in [0.05, 0.1) is 13.7 Å². The highest BCUT2D eigenvalue weighted by molar-refractivity contribution is 6.01. The van der Waals surface area contributed by atoms with E-state index in [1.807, 2.05) is 0 Å². The third kappa shape index (κ3) is 6.43. The molecule has 164 valence electrons. The topological polar surface area (TPSA) is 160 Å². The van der Waals surface area contributed by atoms with E-state index in [0.717, 1.165) is 0 Å². The number of aromatic hydroxyl groups is 3. The molecule has 0 heterocycles. The number of halogens is 1. The van der Waals surface area contributed by atoms with E-state index < -0.39 is 29.3 Å². The Morgan fingerprint density at radius 1 is 1.07 bits per heavy atom. The Labute approximate surface area is 179 Å². The normalized spacial score (nSPS) is 11.3. The van der Waals surface area contributed by atoms with Gasteiger partial charge in [-0.15, -0.1) is 12.4 Å². The summed E-state index contributed by atoms with van der Waals surface area (Å²) in [5.41, 5.74) is 5.81. The quantitative estimate of drug-likeness (QED) is 0.348. The number of rotatable bonds is 10. The lowest BCUT2D eigenvalue weighted by atomic mass is 10.0. The molecule has 0 aliphatic heterocycles. The first-order valence-electron chi connectivity index (χ1n) is 8.79. The van der Waals surface area contributed by atoms with E-state index in [-0.39, 0.29) is 55.3 Å². The van der Waals surface area contributed by atoms with Crippen molar-refractivity contribution < 1.29 is 39.5 Å². The zero-order chi connectivity index (χ0) is 21.6. The van der Waals surface area contributed by atoms with E-state index in [9.17, 15) is 24.9 Å². The SMILES string of the molecule is COc1ccc(CCC(=O)c2c(O)cc(OCC[C@H](N)C(=O)O)cc2O)cc1O.Cl. The third-order valence-electron chi connectivity index (χ3n) is 4.25. The smallest absolute Gasteiger partial charge is 0.320 e. The van der Waals surface area contributed by atoms with Gasteiger partial charge >= 0.3 is 5.97 Å². The van der Waals surface area contributed by atoms with Crippen molar-refractivity contribution in [2.75, 3.05) is 13.7 Å². The van der Waals surface area contributed by atoms with Gasteiger partial charge in [-0.2, -0.15) is 0 Å². The number of hydrogen-bond donors (Lipinski definition) is 5. The predicted octanol–water partition coefficient (Wildman–Crippen LogP) is 2.23. The van der Waals surface area contributed by atoms with E-state index >= 15 is 0 Å². The molecule has 30 heavy (non-hydrogen) atoms. The molecular weight excluding hydrogens is 418 g/mol. The minimum absolute atomic E-state index is 0. The van der Waals surface area contributed by atoms with Crippen LogP contribution < -0.4 is 15.2 Å². The number of carbonyl (C=O) groups excluding carboxylic acids is 1. The number of aliphatic carboxylic acids is 1. The Hall–Kier alpha value is -3.17. The Balaban J connectivity index is 0.00000450. The molecule has 0 aliphatic carbocycles. The van der Waals surface area contributed by atoms with Gasteiger partial charge in [-0.05, 0) is 24.1 Å². The lowest BCUT2D eigenvalue weighted by Gasteiger charge is -2.12. The number of Topliss-reactive ketones (excluding diaryl/α,β-unsaturated/α-hetero) is 1. The second kappa shape index (κ2) is 11.1. The Morgan fingerprint density at radius 3 is 2.23 bits per heavy atom. The summed E-state index contributed by atoms with van der Waals surface area (Å²) in [6.07, 6.45) is 0.299. The molecule has 1 atom stereocenters. The van der Waals surface area contributed by atoms with Gasteiger partial charge in [0.15, 0.2) is 17.3 Å². The maximum Gasteiger partial charge on any atom is 0.320 e. The molecule has 0 unspecified atom stereocenters. The van der Waals surface area contributed by atoms with Crippen molar-refractivity contribution in [3.8, 4) is 28.7 Å². The van der Waals surface area contributed by atoms with Gasteiger partial charge in [-0.25, -0.2) is 0 Å². The third-order valence-corrected chi connectivity index (χ3v) is 4.25. The number of hydrogen-bond acceptors (Lipinski definition) is 8. The van der Waals surface area contributed by atoms with Crippen LogP contribution in [-0.4, -0.2) is 51.9 Å². The number of methoxy groups -OCH3 is 1. The second-order valence-electron chi connectivity index (χ2n) is 6.35. The maximum atomic E-state index is 12.4. The van der Waals surface area contributed by atoms with Gasteiger partial charge in [0.25, 0.3) is 0 Å². The summed E-state index contributed by atoms with van der Waals surface area (Å²) in [4.78, 5) is 23.1. The van der Waals surface area contributed by atoms with Crippen LogP contribution in [0.3, 0.4) is 0 Å². The number of benzene rings is 2. The van der Waals surface area contributed by atoms with Crippen molar-refractivity contribution in [2.24, 2.45) is 5.73 Å². The molecule has 0 bridgehead atoms. The fourth-order valence-electron chi connectivity index (χ4n) is 2.66. The van der Waals surface area contributed by atoms with Crippen molar-refractivity contribution in [3.63, 3.8) is 0 Å². The van der Waals surface area contributed by atoms with Crippen LogP contribution in [0.5, 0.6) is 28.7 Å². The average molecular weight is 442 g/mol. The largest absolute Gasteiger partial charge is 0.507 e. The summed E-state index contributed by atoms with van der Waals surface area (Å²) in [6.45, 7) is -0.0411. The second-order valence-corrected chi connectivity index (χ2v) is 6.35. The maximum absolute atomic E-state index is 12.4. The highest BCUT2D eigenvalue weighted by atomic mass is 35.5. The molecule has 10 heteroatoms. The van der Waals surface area contributed by atoms with Crippen LogP contribution in [0.15, 0.2) is 30.3 Å². The van der Waals surface area contributed by atoms with Gasteiger partial charge in [0, 0.05) is 25.0 Å². The van der Waals surface area contributed by atoms with Crippen LogP contribution in [-0.2, 0) is 11.2 Å². The first kappa shape index (κ1) is 24.9. The van der Waals surface area contributed by atoms with Crippen molar-refractivity contribution in [2.45, 2.75) is 25.3 Å². The molecule has 0 amide bonds. The number of phenolic OH excluding ortho intramolecular Hbond substituents is 3. The standard InChI is InChI=1S/C20H23NO8.ClH/c1-28-18-5-3-11(8-15(18)23)2-4-14(22)19-16(24)9-12(10-17(19)25)29-7-6-13(21)20(26)27;/h3,5,8-10,13,23-25H,2,4,6-7,21H2,1H3,(H,26,27);1H/t13-;/m0./s1. The molecule has 6 N–H and O–H groups in total. The molecule has 2 rings (SSSR count). The first-order chi connectivity index (χ1) is 13.7. The summed E-state index contributed by atoms with van der Waals surface area (Å²) in [5.74, 6) is -2.22. The van der Waals surface area contributed by atoms with Crippen molar-refractivity contribution in [1.82, 2.24) is 0 Å². The Bertz CT molecular complexity index is 879. The zero-order valence-electron chi connectivity index (χ0n) is 16.2. The van der Waals surface area contributed by atoms with Gasteiger partial charge in [-0.1, -0.05) is 6.07 Å². The lowest BCUT2D eigenvalue weighted by molar-refractivity contribution is -0.138. The Kier molecular flexibility index (Phi) is 9.22. The van der Waals surface area contributed by atoms with E-state index in [2.05, 4.69) is 0 Å². The number of carboxylic acid groups (broad SMARTS) is 1. The molecular formula is C20H24ClNO8. The van der Waals surface area contributed by atoms with Crippen LogP contribution in [0, 0.1) is 0 Å². The minimum atomic E-state index is -1.16. The molecule has 0 saturated carbocycles. The molecule has 0 radical (unpaired) electrons. The van der Waals surface area contributed by atoms with Crippen LogP contribution in [0.25, 0.3) is 0 Å². The fourth-order valence-corrected chi connectivity index (χ4v) is 2.66. The van der Waals surface area contributed by atoms with Crippen LogP contribution in [0.4, 0.5) is 0 Å². The van der Waals surface area contributed by atoms with E-state index in [1.54, 1.807) is 12.1 Å². The molecule has 0 aromatic heterocycles. The van der Waals surface area contributed by atoms with Crippen molar-refractivity contribution in [3.05, 3.63) is 41.5 Å². The highest BCUT2D eigenvalue weighted by Crippen LogP contribution is 2.34. The van der Waals surface area contributed by atoms with Crippen LogP contribution in [0.1, 0.15) is 28.8 Å². The highest BCUT2D eigenvalue weighted by Gasteiger charge is 2.19. The van der Waals surface area contributed by atoms with E-state index in [4.69, 9.17) is 20.3 Å². The number of nitrogens with two attached hydrogens (primary N) is 1. The zero-order valence-corrected chi connectivity index (χ0v) is 17.0. The molecule has 0 aliphatic rings. The van der Waals surface area contributed by atoms with Gasteiger partial charge in [-0.3, -0.25) is 9.59 Å². The molecule has 0 fully saturated rings. The van der Waals surface area contributed by atoms with Crippen LogP contribution in [0.2, 0.25) is 0 Å². The van der Waals surface area contributed by atoms with Crippen molar-refractivity contribution in [1.29, 1.82) is 0 Å². The number of carboxylic acids is 1. The Morgan fingerprint density at radius 2 is 1.70 bits per heavy atom. The molecule has 0 spiro atoms. The summed E-state index contributed by atoms with van der Waals surface area (Å²) in [6, 6.07) is 5.99. The summed E-state index contributed by atoms with van der Waals surface area (Å²) >= 11 is 0. The fraction of sp³-hybridized carbons (Fsp3) is 0.300. The number of carbonyl (C=O) groups is 2. The van der Waals surface area contributed by atoms with Crippen LogP contribution >= 0.6 is 12.4 Å². The summed E-state index contributed by atoms with van der Waals surface area (Å²) in [7, 11) is 1.43. The number of ketones is 1. The first-order valence-corrected chi connectivity index (χ1v) is 8.79. The minimum Gasteiger partial charge on any atom is -0.507 e. The number of ether oxygens (including phenoxy) is 2. The molecule has 9 nitrogen and oxygen atoms in total. The monoisotopic (exact) mass is 441 g/mol. The number of phenols is 3. The molecule has 0 saturated heterocycles. The van der Waals surface area contributed by atoms with E-state index in [0.29, 0.717) is 11.3 Å². The molecule has 2 aromatic rings. The van der Waals surface area contributed by atoms with Gasteiger partial charge < -0.3 is 35.6 Å². The van der Waals surface area contributed by atoms with E-state index in [1.165, 1.54) is 25.3 Å². The molecule has 2 aromatic carbocycles. The number of aryl methyl sites for hydroxylation is 1.